The quantitative estimate of drug-likeness (QED) is 0.193. The molecule has 0 saturated heterocycles. The van der Waals surface area contributed by atoms with Crippen molar-refractivity contribution < 1.29 is 19.4 Å². The third kappa shape index (κ3) is 14.2. The molecule has 24 heavy (non-hydrogen) atoms. The summed E-state index contributed by atoms with van der Waals surface area (Å²) in [5.74, 6) is 0.0578. The molecule has 1 aromatic rings. The Morgan fingerprint density at radius 3 is 2.71 bits per heavy atom. The number of hydrogen-bond acceptors (Lipinski definition) is 6. The molecule has 0 aliphatic carbocycles. The van der Waals surface area contributed by atoms with Crippen molar-refractivity contribution in [3.63, 3.8) is 0 Å². The molecule has 1 heterocycles. The number of rotatable bonds is 8. The molecule has 2 rings (SSSR count). The lowest BCUT2D eigenvalue weighted by Crippen LogP contribution is -2.39. The Bertz CT molecular complexity index is 536. The van der Waals surface area contributed by atoms with Crippen LogP contribution in [0.3, 0.4) is 0 Å². The molecule has 1 amide bonds. The molecule has 9 heteroatoms. The van der Waals surface area contributed by atoms with Gasteiger partial charge in [-0.1, -0.05) is 30.3 Å². The largest absolute Gasteiger partial charge is 0.370 e. The van der Waals surface area contributed by atoms with E-state index in [4.69, 9.17) is 4.23 Å². The van der Waals surface area contributed by atoms with Gasteiger partial charge in [-0.2, -0.15) is 0 Å². The maximum absolute atomic E-state index is 11.2. The molecule has 0 bridgehead atoms. The fourth-order valence-electron chi connectivity index (χ4n) is 1.60. The Hall–Kier alpha value is -0.210. The lowest BCUT2D eigenvalue weighted by molar-refractivity contribution is -0.121. The summed E-state index contributed by atoms with van der Waals surface area (Å²) in [4.78, 5) is 13.3. The first kappa shape index (κ1) is 18.6. The van der Waals surface area contributed by atoms with Crippen LogP contribution in [0.4, 0.5) is 0 Å². The summed E-state index contributed by atoms with van der Waals surface area (Å²) in [7, 11) is 3.64. The fourth-order valence-corrected chi connectivity index (χ4v) is 1.73. The van der Waals surface area contributed by atoms with Gasteiger partial charge in [0.1, 0.15) is 23.0 Å². The standard InChI is InChI=1S/C13H20N2O.CH2INO.CH3IO2/c1-11(15(3)10-13(16)14-2)9-12-7-5-4-6-8-12;4-1-2-3-1;2-4-1-3/h4-8,11H,9-10H2,1-3H3,(H,14,16);1,4H;3H,1H2/t11-;;/m0../s1/i;4T;1D,3T. The Balaban J connectivity index is 0.000000499. The first-order valence-corrected chi connectivity index (χ1v) is 10.2. The predicted octanol–water partition coefficient (Wildman–Crippen LogP) is 2.03. The van der Waals surface area contributed by atoms with Gasteiger partial charge in [-0.25, -0.2) is 3.15 Å². The molecule has 0 aromatic heterocycles. The smallest absolute Gasteiger partial charge is 0.233 e. The van der Waals surface area contributed by atoms with E-state index < -0.39 is 6.77 Å². The zero-order valence-electron chi connectivity index (χ0n) is 16.8. The monoisotopic (exact) mass is 570 g/mol. The number of amides is 1. The van der Waals surface area contributed by atoms with Crippen LogP contribution in [0.1, 0.15) is 13.9 Å². The third-order valence-corrected chi connectivity index (χ3v) is 4.23. The number of carbonyl (C=O) groups excluding carboxylic acids is 1. The van der Waals surface area contributed by atoms with Crippen LogP contribution in [0.15, 0.2) is 33.5 Å². The molecule has 0 fully saturated rings. The summed E-state index contributed by atoms with van der Waals surface area (Å²) in [6, 6.07) is 10.7. The Kier molecular flexibility index (Phi) is 11.7. The number of nitrogens with one attached hydrogen (secondary N) is 1. The number of aliphatic hydroxyl groups excluding tert-OH is 2. The summed E-state index contributed by atoms with van der Waals surface area (Å²) in [6.45, 7) is 1.42. The van der Waals surface area contributed by atoms with E-state index in [0.717, 1.165) is 6.42 Å². The topological polar surface area (TPSA) is 94.4 Å². The highest BCUT2D eigenvalue weighted by Crippen LogP contribution is 2.26. The van der Waals surface area contributed by atoms with E-state index in [2.05, 4.69) is 45.7 Å². The van der Waals surface area contributed by atoms with Crippen molar-refractivity contribution in [2.45, 2.75) is 23.6 Å². The zero-order valence-corrected chi connectivity index (χ0v) is 18.1. The van der Waals surface area contributed by atoms with Crippen molar-refractivity contribution in [3.8, 4) is 0 Å². The molecule has 7 nitrogen and oxygen atoms in total. The van der Waals surface area contributed by atoms with Gasteiger partial charge in [-0.05, 0) is 26.0 Å². The van der Waals surface area contributed by atoms with Crippen LogP contribution in [0.25, 0.3) is 0 Å². The number of likely N-dealkylation sites (N-methyl/N-ethyl adjacent to an activating group) is 2. The summed E-state index contributed by atoms with van der Waals surface area (Å²) in [6.07, 6.45) is 0.967. The van der Waals surface area contributed by atoms with E-state index in [1.165, 1.54) is 28.6 Å². The van der Waals surface area contributed by atoms with Crippen molar-refractivity contribution in [2.24, 2.45) is 3.15 Å². The highest BCUT2D eigenvalue weighted by molar-refractivity contribution is 14.2. The van der Waals surface area contributed by atoms with Gasteiger partial charge < -0.3 is 15.5 Å². The van der Waals surface area contributed by atoms with Gasteiger partial charge >= 0.3 is 0 Å². The van der Waals surface area contributed by atoms with Crippen LogP contribution >= 0.6 is 44.0 Å². The highest BCUT2D eigenvalue weighted by atomic mass is 127. The lowest BCUT2D eigenvalue weighted by Gasteiger charge is -2.23. The molecule has 2 unspecified atom stereocenters. The molecule has 1 aliphatic heterocycles. The average molecular weight is 570 g/mol. The number of halogens is 2. The average Bonchev–Trinajstić information content (AvgIpc) is 3.53. The van der Waals surface area contributed by atoms with Crippen molar-refractivity contribution >= 4 is 49.9 Å². The van der Waals surface area contributed by atoms with Crippen LogP contribution < -0.4 is 5.32 Å². The first-order chi connectivity index (χ1) is 12.9. The second-order valence-corrected chi connectivity index (χ2v) is 7.49. The summed E-state index contributed by atoms with van der Waals surface area (Å²) < 4.78 is 26.5. The molecule has 0 saturated carbocycles. The normalized spacial score (nSPS) is 18.9. The molecular weight excluding hydrogens is 540 g/mol. The van der Waals surface area contributed by atoms with Gasteiger partial charge in [0.25, 0.3) is 0 Å². The van der Waals surface area contributed by atoms with Gasteiger partial charge in [0.05, 0.1) is 28.9 Å². The Labute approximate surface area is 172 Å². The van der Waals surface area contributed by atoms with E-state index >= 15 is 0 Å². The van der Waals surface area contributed by atoms with E-state index in [0.29, 0.717) is 12.6 Å². The fraction of sp³-hybridized carbons (Fsp3) is 0.533. The summed E-state index contributed by atoms with van der Waals surface area (Å²) >= 11 is 1.47. The second kappa shape index (κ2) is 15.1. The van der Waals surface area contributed by atoms with E-state index in [-0.39, 0.29) is 31.2 Å². The van der Waals surface area contributed by atoms with Crippen LogP contribution in [0, 0.1) is 0 Å². The summed E-state index contributed by atoms with van der Waals surface area (Å²) in [5.41, 5.74) is 1.30. The third-order valence-electron chi connectivity index (χ3n) is 3.01. The van der Waals surface area contributed by atoms with E-state index in [1.54, 1.807) is 7.05 Å². The molecule has 1 aliphatic rings. The molecule has 0 radical (unpaired) electrons. The Morgan fingerprint density at radius 1 is 1.67 bits per heavy atom. The molecule has 3 N–H and O–H groups in total. The van der Waals surface area contributed by atoms with Gasteiger partial charge in [-0.3, -0.25) is 12.8 Å². The second-order valence-electron chi connectivity index (χ2n) is 4.80. The van der Waals surface area contributed by atoms with Crippen LogP contribution in [-0.4, -0.2) is 61.6 Å². The first-order valence-electron chi connectivity index (χ1n) is 8.48. The van der Waals surface area contributed by atoms with Gasteiger partial charge in [0, 0.05) is 13.1 Å². The highest BCUT2D eigenvalue weighted by Gasteiger charge is 2.12. The number of carbonyl (C=O) groups is 1. The summed E-state index contributed by atoms with van der Waals surface area (Å²) in [5, 5.41) is 10.2. The number of nitrogens with zero attached hydrogens (tertiary/aromatic N) is 2. The van der Waals surface area contributed by atoms with Gasteiger partial charge in [0.15, 0.2) is 6.77 Å². The minimum absolute atomic E-state index is 0.0107. The van der Waals surface area contributed by atoms with E-state index in [9.17, 15) is 4.79 Å². The maximum atomic E-state index is 11.2. The number of alkyl halides is 1. The van der Waals surface area contributed by atoms with Gasteiger partial charge in [-0.15, -0.1) is 0 Å². The van der Waals surface area contributed by atoms with Crippen molar-refractivity contribution in [3.05, 3.63) is 35.9 Å². The zero-order chi connectivity index (χ0) is 20.7. The van der Waals surface area contributed by atoms with Crippen molar-refractivity contribution in [1.82, 2.24) is 10.2 Å². The van der Waals surface area contributed by atoms with E-state index in [1.807, 2.05) is 25.2 Å². The maximum Gasteiger partial charge on any atom is 0.233 e. The van der Waals surface area contributed by atoms with Crippen LogP contribution in [0.5, 0.6) is 0 Å². The molecule has 1 aromatic carbocycles. The van der Waals surface area contributed by atoms with Crippen molar-refractivity contribution in [1.29, 1.82) is 2.86 Å². The molecule has 0 spiro atoms. The molecule has 138 valence electrons. The van der Waals surface area contributed by atoms with Crippen LogP contribution in [-0.2, 0) is 14.3 Å². The predicted molar refractivity (Wildman–Crippen MR) is 111 cm³/mol. The SMILES string of the molecule is CNC(=O)CN(C)[C@@H](C)Cc1ccccc1.[2H]C(O[3H])OI.[3H]OC1N=I1. The van der Waals surface area contributed by atoms with Gasteiger partial charge in [0.2, 0.25) is 13.0 Å². The van der Waals surface area contributed by atoms with Crippen LogP contribution in [0.2, 0.25) is 0 Å². The molecule has 3 atom stereocenters. The minimum atomic E-state index is -1.16. The number of aliphatic hydroxyl groups is 2. The molecular formula is C15H25I2N3O4. The number of benzene rings is 1. The Morgan fingerprint density at radius 2 is 2.33 bits per heavy atom. The minimum Gasteiger partial charge on any atom is -0.370 e. The lowest BCUT2D eigenvalue weighted by atomic mass is 10.1. The van der Waals surface area contributed by atoms with Crippen molar-refractivity contribution in [2.75, 3.05) is 27.4 Å². The number of hydrogen-bond donors (Lipinski definition) is 3.